The van der Waals surface area contributed by atoms with Crippen molar-refractivity contribution in [2.24, 2.45) is 5.10 Å². The van der Waals surface area contributed by atoms with Crippen LogP contribution in [0.5, 0.6) is 0 Å². The van der Waals surface area contributed by atoms with E-state index in [0.29, 0.717) is 44.6 Å². The number of carbonyl (C=O) groups excluding carboxylic acids is 1. The fraction of sp³-hybridized carbons (Fsp3) is 0.529. The fourth-order valence-electron chi connectivity index (χ4n) is 2.85. The Hall–Kier alpha value is -2.35. The van der Waals surface area contributed by atoms with Crippen molar-refractivity contribution >= 4 is 12.0 Å². The second-order valence-electron chi connectivity index (χ2n) is 6.11. The van der Waals surface area contributed by atoms with Crippen molar-refractivity contribution in [2.45, 2.75) is 13.8 Å². The highest BCUT2D eigenvalue weighted by Crippen LogP contribution is 2.17. The molecule has 8 heteroatoms. The van der Waals surface area contributed by atoms with Gasteiger partial charge in [0.25, 0.3) is 0 Å². The van der Waals surface area contributed by atoms with Gasteiger partial charge in [-0.1, -0.05) is 11.6 Å². The maximum atomic E-state index is 13.9. The Morgan fingerprint density at radius 1 is 1.32 bits per heavy atom. The van der Waals surface area contributed by atoms with Crippen molar-refractivity contribution in [1.29, 1.82) is 0 Å². The molecule has 1 aromatic carbocycles. The van der Waals surface area contributed by atoms with Gasteiger partial charge in [0.2, 0.25) is 5.90 Å². The molecule has 1 amide bonds. The number of benzene rings is 1. The molecule has 0 aromatic heterocycles. The van der Waals surface area contributed by atoms with E-state index < -0.39 is 0 Å². The van der Waals surface area contributed by atoms with Crippen LogP contribution >= 0.6 is 0 Å². The predicted molar refractivity (Wildman–Crippen MR) is 90.5 cm³/mol. The van der Waals surface area contributed by atoms with Crippen molar-refractivity contribution in [3.8, 4) is 0 Å². The average molecular weight is 350 g/mol. The van der Waals surface area contributed by atoms with E-state index in [-0.39, 0.29) is 11.9 Å². The summed E-state index contributed by atoms with van der Waals surface area (Å²) < 4.78 is 24.5. The Morgan fingerprint density at radius 2 is 2.08 bits per heavy atom. The number of piperazine rings is 1. The van der Waals surface area contributed by atoms with E-state index in [9.17, 15) is 9.18 Å². The highest BCUT2D eigenvalue weighted by atomic mass is 19.1. The van der Waals surface area contributed by atoms with E-state index in [0.717, 1.165) is 18.7 Å². The lowest BCUT2D eigenvalue weighted by molar-refractivity contribution is 0.0442. The van der Waals surface area contributed by atoms with Gasteiger partial charge in [-0.3, -0.25) is 4.90 Å². The monoisotopic (exact) mass is 350 g/mol. The Morgan fingerprint density at radius 3 is 2.80 bits per heavy atom. The van der Waals surface area contributed by atoms with Crippen LogP contribution in [0.2, 0.25) is 0 Å². The van der Waals surface area contributed by atoms with Crippen LogP contribution in [0.25, 0.3) is 0 Å². The van der Waals surface area contributed by atoms with Gasteiger partial charge in [0, 0.05) is 26.2 Å². The Balaban J connectivity index is 1.54. The average Bonchev–Trinajstić information content (AvgIpc) is 3.06. The number of rotatable bonds is 4. The van der Waals surface area contributed by atoms with Gasteiger partial charge in [-0.25, -0.2) is 14.2 Å². The molecule has 0 N–H and O–H groups in total. The summed E-state index contributed by atoms with van der Waals surface area (Å²) in [5, 5.41) is 6.14. The van der Waals surface area contributed by atoms with Crippen LogP contribution < -0.4 is 0 Å². The first-order valence-corrected chi connectivity index (χ1v) is 8.43. The van der Waals surface area contributed by atoms with Gasteiger partial charge in [0.05, 0.1) is 18.8 Å². The number of hydrogen-bond donors (Lipinski definition) is 0. The molecule has 136 valence electrons. The van der Waals surface area contributed by atoms with E-state index in [2.05, 4.69) is 10.0 Å². The van der Waals surface area contributed by atoms with Crippen LogP contribution in [0.4, 0.5) is 9.18 Å². The second kappa shape index (κ2) is 7.69. The van der Waals surface area contributed by atoms with Gasteiger partial charge in [-0.15, -0.1) is 5.10 Å². The van der Waals surface area contributed by atoms with Gasteiger partial charge in [-0.05, 0) is 26.0 Å². The number of ether oxygens (including phenoxy) is 2. The van der Waals surface area contributed by atoms with Crippen molar-refractivity contribution in [3.05, 3.63) is 35.1 Å². The minimum Gasteiger partial charge on any atom is -0.453 e. The minimum atomic E-state index is -0.339. The molecule has 0 saturated carbocycles. The standard InChI is InChI=1S/C17H23FN4O3/c1-3-24-17(23)21-8-6-20(7-9-21)11-22-12-25-16(19-22)14-10-13(2)4-5-15(14)18/h4-5,10H,3,6-9,11-12H2,1-2H3. The SMILES string of the molecule is CCOC(=O)N1CCN(CN2COC(c3cc(C)ccc3F)=N2)CC1. The topological polar surface area (TPSA) is 57.6 Å². The summed E-state index contributed by atoms with van der Waals surface area (Å²) in [4.78, 5) is 15.6. The van der Waals surface area contributed by atoms with Gasteiger partial charge in [0.15, 0.2) is 6.73 Å². The smallest absolute Gasteiger partial charge is 0.409 e. The first kappa shape index (κ1) is 17.5. The first-order chi connectivity index (χ1) is 12.1. The fourth-order valence-corrected chi connectivity index (χ4v) is 2.85. The van der Waals surface area contributed by atoms with E-state index in [1.807, 2.05) is 6.92 Å². The zero-order valence-electron chi connectivity index (χ0n) is 14.6. The normalized spacial score (nSPS) is 18.1. The van der Waals surface area contributed by atoms with Gasteiger partial charge in [0.1, 0.15) is 5.82 Å². The Labute approximate surface area is 146 Å². The molecular formula is C17H23FN4O3. The van der Waals surface area contributed by atoms with E-state index >= 15 is 0 Å². The highest BCUT2D eigenvalue weighted by molar-refractivity contribution is 5.95. The summed E-state index contributed by atoms with van der Waals surface area (Å²) in [7, 11) is 0. The van der Waals surface area contributed by atoms with Crippen molar-refractivity contribution in [3.63, 3.8) is 0 Å². The van der Waals surface area contributed by atoms with Crippen LogP contribution in [0.15, 0.2) is 23.3 Å². The number of halogens is 1. The maximum absolute atomic E-state index is 13.9. The van der Waals surface area contributed by atoms with Crippen molar-refractivity contribution < 1.29 is 18.7 Å². The molecule has 2 aliphatic rings. The van der Waals surface area contributed by atoms with Crippen LogP contribution in [0.1, 0.15) is 18.1 Å². The zero-order valence-corrected chi connectivity index (χ0v) is 14.6. The third kappa shape index (κ3) is 4.19. The molecule has 1 fully saturated rings. The summed E-state index contributed by atoms with van der Waals surface area (Å²) in [6, 6.07) is 4.87. The maximum Gasteiger partial charge on any atom is 0.409 e. The molecule has 0 bridgehead atoms. The molecule has 0 atom stereocenters. The van der Waals surface area contributed by atoms with Gasteiger partial charge < -0.3 is 14.4 Å². The molecule has 0 radical (unpaired) electrons. The molecular weight excluding hydrogens is 327 g/mol. The zero-order chi connectivity index (χ0) is 17.8. The number of hydrogen-bond acceptors (Lipinski definition) is 6. The van der Waals surface area contributed by atoms with Crippen molar-refractivity contribution in [1.82, 2.24) is 14.8 Å². The Bertz CT molecular complexity index is 659. The van der Waals surface area contributed by atoms with Crippen LogP contribution in [-0.2, 0) is 9.47 Å². The quantitative estimate of drug-likeness (QED) is 0.829. The molecule has 7 nitrogen and oxygen atoms in total. The number of amides is 1. The van der Waals surface area contributed by atoms with Crippen LogP contribution in [-0.4, -0.2) is 73.0 Å². The Kier molecular flexibility index (Phi) is 5.37. The predicted octanol–water partition coefficient (Wildman–Crippen LogP) is 1.82. The lowest BCUT2D eigenvalue weighted by Crippen LogP contribution is -2.51. The summed E-state index contributed by atoms with van der Waals surface area (Å²) in [5.74, 6) is -0.0272. The van der Waals surface area contributed by atoms with Gasteiger partial charge in [-0.2, -0.15) is 0 Å². The van der Waals surface area contributed by atoms with Crippen LogP contribution in [0.3, 0.4) is 0 Å². The number of carbonyl (C=O) groups is 1. The molecule has 2 aliphatic heterocycles. The third-order valence-electron chi connectivity index (χ3n) is 4.20. The molecule has 1 aromatic rings. The molecule has 3 rings (SSSR count). The number of nitrogens with zero attached hydrogens (tertiary/aromatic N) is 4. The minimum absolute atomic E-state index is 0.262. The van der Waals surface area contributed by atoms with E-state index in [1.165, 1.54) is 6.07 Å². The number of aryl methyl sites for hydroxylation is 1. The molecule has 2 heterocycles. The summed E-state index contributed by atoms with van der Waals surface area (Å²) in [6.07, 6.45) is -0.262. The lowest BCUT2D eigenvalue weighted by Gasteiger charge is -2.35. The molecule has 1 saturated heterocycles. The highest BCUT2D eigenvalue weighted by Gasteiger charge is 2.25. The third-order valence-corrected chi connectivity index (χ3v) is 4.20. The molecule has 0 unspecified atom stereocenters. The van der Waals surface area contributed by atoms with Crippen LogP contribution in [0, 0.1) is 12.7 Å². The summed E-state index contributed by atoms with van der Waals surface area (Å²) in [6.45, 7) is 7.67. The van der Waals surface area contributed by atoms with E-state index in [4.69, 9.17) is 9.47 Å². The largest absolute Gasteiger partial charge is 0.453 e. The number of hydrazone groups is 1. The molecule has 0 aliphatic carbocycles. The summed E-state index contributed by atoms with van der Waals surface area (Å²) in [5.41, 5.74) is 1.34. The van der Waals surface area contributed by atoms with E-state index in [1.54, 1.807) is 29.0 Å². The molecule has 25 heavy (non-hydrogen) atoms. The lowest BCUT2D eigenvalue weighted by atomic mass is 10.1. The second-order valence-corrected chi connectivity index (χ2v) is 6.11. The van der Waals surface area contributed by atoms with Gasteiger partial charge >= 0.3 is 6.09 Å². The molecule has 0 spiro atoms. The summed E-state index contributed by atoms with van der Waals surface area (Å²) >= 11 is 0. The first-order valence-electron chi connectivity index (χ1n) is 8.43. The van der Waals surface area contributed by atoms with Crippen molar-refractivity contribution in [2.75, 3.05) is 46.2 Å².